The lowest BCUT2D eigenvalue weighted by atomic mass is 10.1. The second-order valence-corrected chi connectivity index (χ2v) is 5.41. The van der Waals surface area contributed by atoms with Crippen molar-refractivity contribution in [3.05, 3.63) is 0 Å². The van der Waals surface area contributed by atoms with E-state index in [1.807, 2.05) is 0 Å². The maximum Gasteiger partial charge on any atom is 0.234 e. The first-order valence-electron chi connectivity index (χ1n) is 6.57. The number of hydrogen-bond donors (Lipinski definition) is 1. The monoisotopic (exact) mass is 223 g/mol. The van der Waals surface area contributed by atoms with Crippen molar-refractivity contribution in [1.82, 2.24) is 15.1 Å². The van der Waals surface area contributed by atoms with E-state index in [2.05, 4.69) is 15.1 Å². The zero-order chi connectivity index (χ0) is 11.0. The van der Waals surface area contributed by atoms with Gasteiger partial charge >= 0.3 is 0 Å². The van der Waals surface area contributed by atoms with Crippen molar-refractivity contribution < 1.29 is 4.79 Å². The highest BCUT2D eigenvalue weighted by Crippen LogP contribution is 2.21. The van der Waals surface area contributed by atoms with Gasteiger partial charge in [0.2, 0.25) is 5.91 Å². The molecule has 1 amide bonds. The molecule has 1 saturated carbocycles. The van der Waals surface area contributed by atoms with Crippen LogP contribution in [-0.2, 0) is 4.79 Å². The van der Waals surface area contributed by atoms with Crippen molar-refractivity contribution in [2.75, 3.05) is 32.7 Å². The van der Waals surface area contributed by atoms with E-state index >= 15 is 0 Å². The minimum absolute atomic E-state index is 0.231. The molecule has 3 fully saturated rings. The molecule has 2 aliphatic heterocycles. The van der Waals surface area contributed by atoms with E-state index in [1.165, 1.54) is 32.2 Å². The summed E-state index contributed by atoms with van der Waals surface area (Å²) in [6, 6.07) is 1.22. The van der Waals surface area contributed by atoms with E-state index in [4.69, 9.17) is 0 Å². The van der Waals surface area contributed by atoms with Gasteiger partial charge in [-0.25, -0.2) is 0 Å². The van der Waals surface area contributed by atoms with Crippen LogP contribution in [0.3, 0.4) is 0 Å². The fourth-order valence-corrected chi connectivity index (χ4v) is 2.90. The summed E-state index contributed by atoms with van der Waals surface area (Å²) in [5, 5.41) is 3.07. The Morgan fingerprint density at radius 2 is 2.06 bits per heavy atom. The molecule has 90 valence electrons. The van der Waals surface area contributed by atoms with Crippen LogP contribution in [0.2, 0.25) is 0 Å². The van der Waals surface area contributed by atoms with E-state index in [1.54, 1.807) is 0 Å². The average molecular weight is 223 g/mol. The van der Waals surface area contributed by atoms with E-state index in [0.29, 0.717) is 12.6 Å². The SMILES string of the molecule is O=C(CN1CCN2CCC[C@H]2C1)NC1CC1. The molecular weight excluding hydrogens is 202 g/mol. The van der Waals surface area contributed by atoms with Gasteiger partial charge in [-0.3, -0.25) is 14.6 Å². The topological polar surface area (TPSA) is 35.6 Å². The van der Waals surface area contributed by atoms with Crippen LogP contribution < -0.4 is 5.32 Å². The second-order valence-electron chi connectivity index (χ2n) is 5.41. The van der Waals surface area contributed by atoms with Gasteiger partial charge < -0.3 is 5.32 Å². The van der Waals surface area contributed by atoms with Crippen LogP contribution in [0.4, 0.5) is 0 Å². The first-order valence-corrected chi connectivity index (χ1v) is 6.57. The molecule has 0 radical (unpaired) electrons. The number of nitrogens with one attached hydrogen (secondary N) is 1. The van der Waals surface area contributed by atoms with Crippen LogP contribution in [0.25, 0.3) is 0 Å². The molecule has 4 nitrogen and oxygen atoms in total. The van der Waals surface area contributed by atoms with Crippen molar-refractivity contribution in [3.63, 3.8) is 0 Å². The summed E-state index contributed by atoms with van der Waals surface area (Å²) in [5.41, 5.74) is 0. The molecular formula is C12H21N3O. The highest BCUT2D eigenvalue weighted by atomic mass is 16.2. The molecule has 3 rings (SSSR count). The minimum Gasteiger partial charge on any atom is -0.352 e. The minimum atomic E-state index is 0.231. The third-order valence-corrected chi connectivity index (χ3v) is 3.98. The summed E-state index contributed by atoms with van der Waals surface area (Å²) in [4.78, 5) is 16.6. The molecule has 0 aromatic carbocycles. The Balaban J connectivity index is 1.46. The fraction of sp³-hybridized carbons (Fsp3) is 0.917. The zero-order valence-electron chi connectivity index (χ0n) is 9.82. The summed E-state index contributed by atoms with van der Waals surface area (Å²) in [6.45, 7) is 5.20. The molecule has 16 heavy (non-hydrogen) atoms. The van der Waals surface area contributed by atoms with Gasteiger partial charge in [0.05, 0.1) is 6.54 Å². The van der Waals surface area contributed by atoms with Crippen LogP contribution >= 0.6 is 0 Å². The van der Waals surface area contributed by atoms with Crippen molar-refractivity contribution in [2.24, 2.45) is 0 Å². The van der Waals surface area contributed by atoms with Crippen LogP contribution in [-0.4, -0.2) is 60.5 Å². The summed E-state index contributed by atoms with van der Waals surface area (Å²) < 4.78 is 0. The Morgan fingerprint density at radius 1 is 1.19 bits per heavy atom. The lowest BCUT2D eigenvalue weighted by Gasteiger charge is -2.37. The standard InChI is InChI=1S/C12H21N3O/c16-12(13-10-3-4-10)9-14-6-7-15-5-1-2-11(15)8-14/h10-11H,1-9H2,(H,13,16)/t11-/m0/s1. The van der Waals surface area contributed by atoms with Gasteiger partial charge in [0.25, 0.3) is 0 Å². The predicted molar refractivity (Wildman–Crippen MR) is 62.2 cm³/mol. The Hall–Kier alpha value is -0.610. The number of rotatable bonds is 3. The molecule has 0 aromatic heterocycles. The van der Waals surface area contributed by atoms with Gasteiger partial charge in [0.1, 0.15) is 0 Å². The fourth-order valence-electron chi connectivity index (χ4n) is 2.90. The highest BCUT2D eigenvalue weighted by Gasteiger charge is 2.31. The Bertz CT molecular complexity index is 277. The van der Waals surface area contributed by atoms with E-state index < -0.39 is 0 Å². The first kappa shape index (κ1) is 10.5. The summed E-state index contributed by atoms with van der Waals surface area (Å²) in [7, 11) is 0. The molecule has 4 heteroatoms. The average Bonchev–Trinajstić information content (AvgIpc) is 2.95. The summed E-state index contributed by atoms with van der Waals surface area (Å²) in [5.74, 6) is 0.231. The molecule has 0 bridgehead atoms. The Labute approximate surface area is 97.0 Å². The number of carbonyl (C=O) groups is 1. The van der Waals surface area contributed by atoms with Crippen molar-refractivity contribution in [1.29, 1.82) is 0 Å². The first-order chi connectivity index (χ1) is 7.81. The number of nitrogens with zero attached hydrogens (tertiary/aromatic N) is 2. The van der Waals surface area contributed by atoms with Gasteiger partial charge in [-0.15, -0.1) is 0 Å². The van der Waals surface area contributed by atoms with Crippen LogP contribution in [0.15, 0.2) is 0 Å². The number of hydrogen-bond acceptors (Lipinski definition) is 3. The molecule has 0 spiro atoms. The van der Waals surface area contributed by atoms with Crippen LogP contribution in [0.1, 0.15) is 25.7 Å². The molecule has 2 saturated heterocycles. The van der Waals surface area contributed by atoms with Crippen molar-refractivity contribution in [2.45, 2.75) is 37.8 Å². The lowest BCUT2D eigenvalue weighted by Crippen LogP contribution is -2.52. The van der Waals surface area contributed by atoms with E-state index in [9.17, 15) is 4.79 Å². The van der Waals surface area contributed by atoms with Gasteiger partial charge in [0.15, 0.2) is 0 Å². The van der Waals surface area contributed by atoms with Crippen molar-refractivity contribution >= 4 is 5.91 Å². The number of piperazine rings is 1. The molecule has 0 aromatic rings. The molecule has 2 heterocycles. The van der Waals surface area contributed by atoms with Gasteiger partial charge in [-0.1, -0.05) is 0 Å². The molecule has 1 aliphatic carbocycles. The molecule has 3 aliphatic rings. The third kappa shape index (κ3) is 2.38. The van der Waals surface area contributed by atoms with Gasteiger partial charge in [0, 0.05) is 31.7 Å². The lowest BCUT2D eigenvalue weighted by molar-refractivity contribution is -0.123. The van der Waals surface area contributed by atoms with Gasteiger partial charge in [-0.2, -0.15) is 0 Å². The second kappa shape index (κ2) is 4.34. The normalized spacial score (nSPS) is 31.4. The quantitative estimate of drug-likeness (QED) is 0.734. The summed E-state index contributed by atoms with van der Waals surface area (Å²) >= 11 is 0. The van der Waals surface area contributed by atoms with E-state index in [0.717, 1.165) is 25.7 Å². The van der Waals surface area contributed by atoms with Crippen LogP contribution in [0.5, 0.6) is 0 Å². The molecule has 1 N–H and O–H groups in total. The number of carbonyl (C=O) groups excluding carboxylic acids is 1. The smallest absolute Gasteiger partial charge is 0.234 e. The predicted octanol–water partition coefficient (Wildman–Crippen LogP) is 0.0450. The highest BCUT2D eigenvalue weighted by molar-refractivity contribution is 5.78. The maximum atomic E-state index is 11.7. The van der Waals surface area contributed by atoms with E-state index in [-0.39, 0.29) is 5.91 Å². The Morgan fingerprint density at radius 3 is 2.88 bits per heavy atom. The maximum absolute atomic E-state index is 11.7. The van der Waals surface area contributed by atoms with Crippen LogP contribution in [0, 0.1) is 0 Å². The largest absolute Gasteiger partial charge is 0.352 e. The molecule has 0 unspecified atom stereocenters. The summed E-state index contributed by atoms with van der Waals surface area (Å²) in [6.07, 6.45) is 5.03. The molecule has 1 atom stereocenters. The zero-order valence-corrected chi connectivity index (χ0v) is 9.82. The third-order valence-electron chi connectivity index (χ3n) is 3.98. The van der Waals surface area contributed by atoms with Crippen molar-refractivity contribution in [3.8, 4) is 0 Å². The van der Waals surface area contributed by atoms with Gasteiger partial charge in [-0.05, 0) is 32.2 Å². The number of amides is 1. The Kier molecular flexibility index (Phi) is 2.86. The number of fused-ring (bicyclic) bond motifs is 1.